The summed E-state index contributed by atoms with van der Waals surface area (Å²) in [6, 6.07) is 16.2. The molecule has 20 heavy (non-hydrogen) atoms. The molecule has 0 unspecified atom stereocenters. The minimum Gasteiger partial charge on any atom is -0.238 e. The van der Waals surface area contributed by atoms with E-state index in [-0.39, 0.29) is 0 Å². The molecule has 0 spiro atoms. The SMILES string of the molecule is N#Cc1c(SCc2ccc(Br)cc2)nn2ccccc12. The molecule has 0 saturated heterocycles. The number of hydrogen-bond donors (Lipinski definition) is 0. The number of hydrogen-bond acceptors (Lipinski definition) is 3. The van der Waals surface area contributed by atoms with Gasteiger partial charge in [-0.15, -0.1) is 0 Å². The third-order valence-corrected chi connectivity index (χ3v) is 4.47. The van der Waals surface area contributed by atoms with Gasteiger partial charge in [0.2, 0.25) is 0 Å². The lowest BCUT2D eigenvalue weighted by atomic mass is 10.2. The molecule has 1 aromatic carbocycles. The first-order valence-electron chi connectivity index (χ1n) is 6.02. The zero-order valence-corrected chi connectivity index (χ0v) is 12.9. The van der Waals surface area contributed by atoms with E-state index in [9.17, 15) is 5.26 Å². The minimum absolute atomic E-state index is 0.646. The highest BCUT2D eigenvalue weighted by molar-refractivity contribution is 9.10. The Labute approximate surface area is 129 Å². The van der Waals surface area contributed by atoms with Gasteiger partial charge in [0.1, 0.15) is 16.7 Å². The Morgan fingerprint density at radius 2 is 2.00 bits per heavy atom. The number of thioether (sulfide) groups is 1. The summed E-state index contributed by atoms with van der Waals surface area (Å²) in [5, 5.41) is 14.6. The van der Waals surface area contributed by atoms with Crippen LogP contribution in [0.3, 0.4) is 0 Å². The van der Waals surface area contributed by atoms with Crippen LogP contribution in [0.1, 0.15) is 11.1 Å². The molecule has 2 heterocycles. The highest BCUT2D eigenvalue weighted by atomic mass is 79.9. The van der Waals surface area contributed by atoms with Gasteiger partial charge < -0.3 is 0 Å². The smallest absolute Gasteiger partial charge is 0.137 e. The van der Waals surface area contributed by atoms with E-state index in [1.807, 2.05) is 36.5 Å². The first-order valence-corrected chi connectivity index (χ1v) is 7.80. The van der Waals surface area contributed by atoms with Crippen molar-refractivity contribution in [2.45, 2.75) is 10.8 Å². The molecule has 0 amide bonds. The van der Waals surface area contributed by atoms with Crippen molar-refractivity contribution in [3.05, 3.63) is 64.3 Å². The Bertz CT molecular complexity index is 787. The van der Waals surface area contributed by atoms with Crippen molar-refractivity contribution in [3.8, 4) is 6.07 Å². The van der Waals surface area contributed by atoms with Gasteiger partial charge >= 0.3 is 0 Å². The predicted molar refractivity (Wildman–Crippen MR) is 83.6 cm³/mol. The van der Waals surface area contributed by atoms with Crippen molar-refractivity contribution in [2.24, 2.45) is 0 Å². The van der Waals surface area contributed by atoms with Gasteiger partial charge in [-0.25, -0.2) is 4.52 Å². The standard InChI is InChI=1S/C15H10BrN3S/c16-12-6-4-11(5-7-12)10-20-15-13(9-17)14-3-1-2-8-19(14)18-15/h1-8H,10H2. The molecule has 0 aliphatic rings. The second-order valence-corrected chi connectivity index (χ2v) is 6.12. The molecule has 3 aromatic rings. The van der Waals surface area contributed by atoms with Gasteiger partial charge in [0, 0.05) is 16.4 Å². The quantitative estimate of drug-likeness (QED) is 0.667. The maximum Gasteiger partial charge on any atom is 0.137 e. The molecule has 3 rings (SSSR count). The van der Waals surface area contributed by atoms with Gasteiger partial charge in [-0.2, -0.15) is 10.4 Å². The van der Waals surface area contributed by atoms with Crippen molar-refractivity contribution in [3.63, 3.8) is 0 Å². The molecule has 3 nitrogen and oxygen atoms in total. The van der Waals surface area contributed by atoms with Crippen LogP contribution < -0.4 is 0 Å². The van der Waals surface area contributed by atoms with E-state index in [0.29, 0.717) is 5.56 Å². The average Bonchev–Trinajstić information content (AvgIpc) is 2.84. The second kappa shape index (κ2) is 5.70. The Hall–Kier alpha value is -1.77. The summed E-state index contributed by atoms with van der Waals surface area (Å²) in [4.78, 5) is 0. The van der Waals surface area contributed by atoms with E-state index >= 15 is 0 Å². The zero-order chi connectivity index (χ0) is 13.9. The number of aromatic nitrogens is 2. The molecular formula is C15H10BrN3S. The number of fused-ring (bicyclic) bond motifs is 1. The third kappa shape index (κ3) is 2.58. The first-order chi connectivity index (χ1) is 9.78. The summed E-state index contributed by atoms with van der Waals surface area (Å²) in [6.07, 6.45) is 1.86. The monoisotopic (exact) mass is 343 g/mol. The molecule has 0 atom stereocenters. The molecule has 0 fully saturated rings. The fraction of sp³-hybridized carbons (Fsp3) is 0.0667. The predicted octanol–water partition coefficient (Wildman–Crippen LogP) is 4.26. The third-order valence-electron chi connectivity index (χ3n) is 2.91. The van der Waals surface area contributed by atoms with E-state index in [2.05, 4.69) is 39.2 Å². The number of rotatable bonds is 3. The summed E-state index contributed by atoms with van der Waals surface area (Å²) in [5.41, 5.74) is 2.71. The highest BCUT2D eigenvalue weighted by Crippen LogP contribution is 2.27. The van der Waals surface area contributed by atoms with Crippen LogP contribution in [0.15, 0.2) is 58.2 Å². The molecule has 0 bridgehead atoms. The van der Waals surface area contributed by atoms with E-state index in [1.165, 1.54) is 5.56 Å². The Morgan fingerprint density at radius 1 is 1.20 bits per heavy atom. The first kappa shape index (κ1) is 13.2. The fourth-order valence-electron chi connectivity index (χ4n) is 1.92. The molecule has 2 aromatic heterocycles. The van der Waals surface area contributed by atoms with Gasteiger partial charge in [-0.05, 0) is 29.8 Å². The number of halogens is 1. The van der Waals surface area contributed by atoms with Gasteiger partial charge in [-0.1, -0.05) is 45.9 Å². The van der Waals surface area contributed by atoms with Crippen molar-refractivity contribution in [1.29, 1.82) is 5.26 Å². The number of nitriles is 1. The minimum atomic E-state index is 0.646. The largest absolute Gasteiger partial charge is 0.238 e. The molecule has 0 radical (unpaired) electrons. The van der Waals surface area contributed by atoms with Crippen molar-refractivity contribution in [1.82, 2.24) is 9.61 Å². The van der Waals surface area contributed by atoms with Gasteiger partial charge in [-0.3, -0.25) is 0 Å². The summed E-state index contributed by atoms with van der Waals surface area (Å²) < 4.78 is 2.82. The normalized spacial score (nSPS) is 10.6. The van der Waals surface area contributed by atoms with Crippen LogP contribution in [0, 0.1) is 11.3 Å². The maximum absolute atomic E-state index is 9.32. The Balaban J connectivity index is 1.87. The van der Waals surface area contributed by atoms with E-state index in [1.54, 1.807) is 16.3 Å². The van der Waals surface area contributed by atoms with Gasteiger partial charge in [0.25, 0.3) is 0 Å². The molecular weight excluding hydrogens is 334 g/mol. The fourth-order valence-corrected chi connectivity index (χ4v) is 3.12. The Kier molecular flexibility index (Phi) is 3.77. The van der Waals surface area contributed by atoms with Gasteiger partial charge in [0.15, 0.2) is 0 Å². The summed E-state index contributed by atoms with van der Waals surface area (Å²) >= 11 is 5.01. The molecule has 0 saturated carbocycles. The molecule has 0 aliphatic carbocycles. The lowest BCUT2D eigenvalue weighted by molar-refractivity contribution is 0.900. The van der Waals surface area contributed by atoms with Gasteiger partial charge in [0.05, 0.1) is 5.52 Å². The van der Waals surface area contributed by atoms with Crippen LogP contribution in [-0.4, -0.2) is 9.61 Å². The van der Waals surface area contributed by atoms with Crippen molar-refractivity contribution >= 4 is 33.2 Å². The molecule has 0 aliphatic heterocycles. The van der Waals surface area contributed by atoms with E-state index in [4.69, 9.17) is 0 Å². The summed E-state index contributed by atoms with van der Waals surface area (Å²) in [6.45, 7) is 0. The van der Waals surface area contributed by atoms with Crippen LogP contribution in [0.4, 0.5) is 0 Å². The lowest BCUT2D eigenvalue weighted by Gasteiger charge is -1.99. The lowest BCUT2D eigenvalue weighted by Crippen LogP contribution is -1.84. The number of benzene rings is 1. The Morgan fingerprint density at radius 3 is 2.75 bits per heavy atom. The zero-order valence-electron chi connectivity index (χ0n) is 10.5. The average molecular weight is 344 g/mol. The molecule has 5 heteroatoms. The molecule has 98 valence electrons. The van der Waals surface area contributed by atoms with E-state index in [0.717, 1.165) is 20.8 Å². The van der Waals surface area contributed by atoms with Crippen LogP contribution >= 0.6 is 27.7 Å². The maximum atomic E-state index is 9.32. The van der Waals surface area contributed by atoms with Crippen molar-refractivity contribution < 1.29 is 0 Å². The molecule has 0 N–H and O–H groups in total. The van der Waals surface area contributed by atoms with E-state index < -0.39 is 0 Å². The number of nitrogens with zero attached hydrogens (tertiary/aromatic N) is 3. The highest BCUT2D eigenvalue weighted by Gasteiger charge is 2.12. The summed E-state index contributed by atoms with van der Waals surface area (Å²) in [7, 11) is 0. The topological polar surface area (TPSA) is 41.1 Å². The second-order valence-electron chi connectivity index (χ2n) is 4.24. The number of pyridine rings is 1. The van der Waals surface area contributed by atoms with Crippen LogP contribution in [0.25, 0.3) is 5.52 Å². The van der Waals surface area contributed by atoms with Crippen LogP contribution in [0.2, 0.25) is 0 Å². The van der Waals surface area contributed by atoms with Crippen molar-refractivity contribution in [2.75, 3.05) is 0 Å². The summed E-state index contributed by atoms with van der Waals surface area (Å²) in [5.74, 6) is 0.797. The van der Waals surface area contributed by atoms with Crippen LogP contribution in [-0.2, 0) is 5.75 Å². The van der Waals surface area contributed by atoms with Crippen LogP contribution in [0.5, 0.6) is 0 Å².